The van der Waals surface area contributed by atoms with Gasteiger partial charge >= 0.3 is 0 Å². The zero-order valence-corrected chi connectivity index (χ0v) is 16.0. The Bertz CT molecular complexity index is 802. The van der Waals surface area contributed by atoms with E-state index in [1.54, 1.807) is 55.5 Å². The Kier molecular flexibility index (Phi) is 7.82. The minimum Gasteiger partial charge on any atom is -0.494 e. The number of hydrogen-bond acceptors (Lipinski definition) is 4. The SMILES string of the molecule is CCOc1ccc(NC(=O)C/C(C)=N/NC(=O)Cc2ccc(Cl)cc2)cc1. The lowest BCUT2D eigenvalue weighted by molar-refractivity contribution is -0.120. The number of amides is 2. The van der Waals surface area contributed by atoms with Gasteiger partial charge in [-0.15, -0.1) is 0 Å². The molecule has 142 valence electrons. The number of rotatable bonds is 8. The van der Waals surface area contributed by atoms with Crippen LogP contribution in [0.1, 0.15) is 25.8 Å². The van der Waals surface area contributed by atoms with Crippen LogP contribution in [0, 0.1) is 0 Å². The minimum atomic E-state index is -0.261. The molecule has 0 aromatic heterocycles. The van der Waals surface area contributed by atoms with Gasteiger partial charge in [0.05, 0.1) is 19.4 Å². The molecule has 0 atom stereocenters. The van der Waals surface area contributed by atoms with Crippen LogP contribution in [-0.4, -0.2) is 24.1 Å². The van der Waals surface area contributed by atoms with E-state index in [9.17, 15) is 9.59 Å². The van der Waals surface area contributed by atoms with Crippen molar-refractivity contribution in [2.24, 2.45) is 5.10 Å². The van der Waals surface area contributed by atoms with Gasteiger partial charge in [-0.2, -0.15) is 5.10 Å². The maximum absolute atomic E-state index is 12.1. The van der Waals surface area contributed by atoms with Gasteiger partial charge in [0.2, 0.25) is 11.8 Å². The number of hydrazone groups is 1. The summed E-state index contributed by atoms with van der Waals surface area (Å²) in [6.45, 7) is 4.18. The molecule has 0 radical (unpaired) electrons. The summed E-state index contributed by atoms with van der Waals surface area (Å²) in [4.78, 5) is 24.0. The van der Waals surface area contributed by atoms with Crippen LogP contribution in [0.5, 0.6) is 5.75 Å². The predicted octanol–water partition coefficient (Wildman–Crippen LogP) is 3.80. The van der Waals surface area contributed by atoms with E-state index in [2.05, 4.69) is 15.8 Å². The molecule has 2 rings (SSSR count). The number of benzene rings is 2. The number of nitrogens with zero attached hydrogens (tertiary/aromatic N) is 1. The van der Waals surface area contributed by atoms with E-state index in [-0.39, 0.29) is 24.7 Å². The fourth-order valence-electron chi connectivity index (χ4n) is 2.26. The predicted molar refractivity (Wildman–Crippen MR) is 107 cm³/mol. The summed E-state index contributed by atoms with van der Waals surface area (Å²) in [5, 5.41) is 7.36. The number of carbonyl (C=O) groups is 2. The molecule has 6 nitrogen and oxygen atoms in total. The fourth-order valence-corrected chi connectivity index (χ4v) is 2.39. The second kappa shape index (κ2) is 10.3. The lowest BCUT2D eigenvalue weighted by Crippen LogP contribution is -2.22. The van der Waals surface area contributed by atoms with E-state index in [1.807, 2.05) is 6.92 Å². The van der Waals surface area contributed by atoms with Gasteiger partial charge in [0.25, 0.3) is 0 Å². The fraction of sp³-hybridized carbons (Fsp3) is 0.250. The molecule has 0 spiro atoms. The first-order chi connectivity index (χ1) is 13.0. The van der Waals surface area contributed by atoms with Crippen LogP contribution in [0.4, 0.5) is 5.69 Å². The van der Waals surface area contributed by atoms with E-state index >= 15 is 0 Å². The summed E-state index contributed by atoms with van der Waals surface area (Å²) >= 11 is 5.81. The van der Waals surface area contributed by atoms with Crippen molar-refractivity contribution >= 4 is 34.8 Å². The average Bonchev–Trinajstić information content (AvgIpc) is 2.64. The number of carbonyl (C=O) groups excluding carboxylic acids is 2. The highest BCUT2D eigenvalue weighted by atomic mass is 35.5. The molecular weight excluding hydrogens is 366 g/mol. The molecule has 0 fully saturated rings. The highest BCUT2D eigenvalue weighted by molar-refractivity contribution is 6.30. The van der Waals surface area contributed by atoms with Gasteiger partial charge in [-0.1, -0.05) is 23.7 Å². The molecule has 0 aliphatic carbocycles. The first-order valence-corrected chi connectivity index (χ1v) is 8.93. The molecule has 2 aromatic rings. The van der Waals surface area contributed by atoms with E-state index in [4.69, 9.17) is 16.3 Å². The van der Waals surface area contributed by atoms with Crippen LogP contribution >= 0.6 is 11.6 Å². The van der Waals surface area contributed by atoms with Gasteiger partial charge in [0, 0.05) is 16.4 Å². The van der Waals surface area contributed by atoms with Crippen molar-refractivity contribution in [3.63, 3.8) is 0 Å². The quantitative estimate of drug-likeness (QED) is 0.534. The highest BCUT2D eigenvalue weighted by Crippen LogP contribution is 2.15. The molecule has 7 heteroatoms. The second-order valence-corrected chi connectivity index (χ2v) is 6.30. The van der Waals surface area contributed by atoms with Crippen molar-refractivity contribution in [3.05, 3.63) is 59.1 Å². The Morgan fingerprint density at radius 2 is 1.70 bits per heavy atom. The zero-order valence-electron chi connectivity index (χ0n) is 15.3. The van der Waals surface area contributed by atoms with Crippen molar-refractivity contribution in [2.75, 3.05) is 11.9 Å². The van der Waals surface area contributed by atoms with E-state index in [1.165, 1.54) is 0 Å². The molecule has 2 aromatic carbocycles. The third-order valence-electron chi connectivity index (χ3n) is 3.51. The standard InChI is InChI=1S/C20H22ClN3O3/c1-3-27-18-10-8-17(9-11-18)22-19(25)12-14(2)23-24-20(26)13-15-4-6-16(21)7-5-15/h4-11H,3,12-13H2,1-2H3,(H,22,25)(H,24,26)/b23-14+. The van der Waals surface area contributed by atoms with Crippen molar-refractivity contribution in [2.45, 2.75) is 26.7 Å². The highest BCUT2D eigenvalue weighted by Gasteiger charge is 2.07. The van der Waals surface area contributed by atoms with Crippen molar-refractivity contribution < 1.29 is 14.3 Å². The topological polar surface area (TPSA) is 79.8 Å². The summed E-state index contributed by atoms with van der Waals surface area (Å²) in [6, 6.07) is 14.1. The van der Waals surface area contributed by atoms with Gasteiger partial charge in [-0.05, 0) is 55.8 Å². The Morgan fingerprint density at radius 3 is 2.33 bits per heavy atom. The molecule has 0 aliphatic heterocycles. The summed E-state index contributed by atoms with van der Waals surface area (Å²) in [5.74, 6) is 0.271. The van der Waals surface area contributed by atoms with Crippen LogP contribution in [0.15, 0.2) is 53.6 Å². The Hall–Kier alpha value is -2.86. The number of nitrogens with one attached hydrogen (secondary N) is 2. The molecule has 2 N–H and O–H groups in total. The third-order valence-corrected chi connectivity index (χ3v) is 3.77. The molecule has 0 bridgehead atoms. The lowest BCUT2D eigenvalue weighted by atomic mass is 10.1. The molecule has 0 heterocycles. The summed E-state index contributed by atoms with van der Waals surface area (Å²) < 4.78 is 5.35. The van der Waals surface area contributed by atoms with Crippen molar-refractivity contribution in [3.8, 4) is 5.75 Å². The van der Waals surface area contributed by atoms with Crippen LogP contribution in [0.2, 0.25) is 5.02 Å². The summed E-state index contributed by atoms with van der Waals surface area (Å²) in [7, 11) is 0. The normalized spacial score (nSPS) is 11.0. The zero-order chi connectivity index (χ0) is 19.6. The monoisotopic (exact) mass is 387 g/mol. The van der Waals surface area contributed by atoms with E-state index < -0.39 is 0 Å². The maximum Gasteiger partial charge on any atom is 0.244 e. The largest absolute Gasteiger partial charge is 0.494 e. The second-order valence-electron chi connectivity index (χ2n) is 5.87. The Morgan fingerprint density at radius 1 is 1.04 bits per heavy atom. The third kappa shape index (κ3) is 7.50. The first kappa shape index (κ1) is 20.5. The van der Waals surface area contributed by atoms with Crippen LogP contribution in [0.3, 0.4) is 0 Å². The van der Waals surface area contributed by atoms with Gasteiger partial charge < -0.3 is 10.1 Å². The molecule has 0 saturated heterocycles. The van der Waals surface area contributed by atoms with E-state index in [0.717, 1.165) is 11.3 Å². The molecule has 27 heavy (non-hydrogen) atoms. The summed E-state index contributed by atoms with van der Waals surface area (Å²) in [6.07, 6.45) is 0.265. The number of halogens is 1. The van der Waals surface area contributed by atoms with E-state index in [0.29, 0.717) is 23.0 Å². The number of anilines is 1. The smallest absolute Gasteiger partial charge is 0.244 e. The van der Waals surface area contributed by atoms with Crippen LogP contribution < -0.4 is 15.5 Å². The van der Waals surface area contributed by atoms with Gasteiger partial charge in [0.15, 0.2) is 0 Å². The lowest BCUT2D eigenvalue weighted by Gasteiger charge is -2.07. The Labute approximate surface area is 163 Å². The van der Waals surface area contributed by atoms with Crippen molar-refractivity contribution in [1.82, 2.24) is 5.43 Å². The molecule has 2 amide bonds. The molecule has 0 saturated carbocycles. The molecular formula is C20H22ClN3O3. The number of hydrogen-bond donors (Lipinski definition) is 2. The number of ether oxygens (including phenoxy) is 1. The van der Waals surface area contributed by atoms with Gasteiger partial charge in [-0.25, -0.2) is 5.43 Å². The van der Waals surface area contributed by atoms with Gasteiger partial charge in [0.1, 0.15) is 5.75 Å². The molecule has 0 aliphatic rings. The minimum absolute atomic E-state index is 0.0778. The summed E-state index contributed by atoms with van der Waals surface area (Å²) in [5.41, 5.74) is 4.46. The first-order valence-electron chi connectivity index (χ1n) is 8.55. The maximum atomic E-state index is 12.1. The molecule has 0 unspecified atom stereocenters. The van der Waals surface area contributed by atoms with Crippen molar-refractivity contribution in [1.29, 1.82) is 0 Å². The van der Waals surface area contributed by atoms with Crippen LogP contribution in [-0.2, 0) is 16.0 Å². The average molecular weight is 388 g/mol. The van der Waals surface area contributed by atoms with Crippen LogP contribution in [0.25, 0.3) is 0 Å². The van der Waals surface area contributed by atoms with Gasteiger partial charge in [-0.3, -0.25) is 9.59 Å². The Balaban J connectivity index is 1.78.